The molecule has 2 aromatic rings. The van der Waals surface area contributed by atoms with Crippen LogP contribution in [0.3, 0.4) is 0 Å². The van der Waals surface area contributed by atoms with E-state index in [0.717, 1.165) is 0 Å². The van der Waals surface area contributed by atoms with E-state index in [1.54, 1.807) is 6.07 Å². The van der Waals surface area contributed by atoms with Crippen LogP contribution < -0.4 is 10.5 Å². The Hall–Kier alpha value is -1.69. The molecule has 0 radical (unpaired) electrons. The van der Waals surface area contributed by atoms with E-state index in [2.05, 4.69) is 26.1 Å². The molecule has 0 amide bonds. The summed E-state index contributed by atoms with van der Waals surface area (Å²) in [7, 11) is 0. The van der Waals surface area contributed by atoms with Crippen molar-refractivity contribution in [3.8, 4) is 11.6 Å². The number of ether oxygens (including phenoxy) is 1. The van der Waals surface area contributed by atoms with Crippen LogP contribution in [-0.4, -0.2) is 10.2 Å². The lowest BCUT2D eigenvalue weighted by atomic mass is 10.3. The van der Waals surface area contributed by atoms with Crippen molar-refractivity contribution in [3.63, 3.8) is 0 Å². The van der Waals surface area contributed by atoms with Gasteiger partial charge in [0, 0.05) is 10.5 Å². The molecule has 0 saturated heterocycles. The summed E-state index contributed by atoms with van der Waals surface area (Å²) in [5, 5.41) is 7.26. The second-order valence-electron chi connectivity index (χ2n) is 2.97. The summed E-state index contributed by atoms with van der Waals surface area (Å²) in [6, 6.07) is 7.43. The summed E-state index contributed by atoms with van der Waals surface area (Å²) in [6.07, 6.45) is 0. The monoisotopic (exact) mass is 283 g/mol. The number of halogens is 2. The maximum absolute atomic E-state index is 13.3. The van der Waals surface area contributed by atoms with Gasteiger partial charge in [-0.05, 0) is 24.3 Å². The highest BCUT2D eigenvalue weighted by molar-refractivity contribution is 9.10. The van der Waals surface area contributed by atoms with Gasteiger partial charge < -0.3 is 10.5 Å². The van der Waals surface area contributed by atoms with Crippen LogP contribution in [0, 0.1) is 5.82 Å². The van der Waals surface area contributed by atoms with Crippen molar-refractivity contribution in [3.05, 3.63) is 40.6 Å². The molecule has 2 N–H and O–H groups in total. The summed E-state index contributed by atoms with van der Waals surface area (Å²) in [5.74, 6) is 0.0727. The molecule has 2 rings (SSSR count). The number of anilines is 1. The first-order chi connectivity index (χ1) is 7.65. The second kappa shape index (κ2) is 4.44. The Balaban J connectivity index is 2.26. The molecule has 0 aliphatic heterocycles. The topological polar surface area (TPSA) is 61.0 Å². The third-order valence-corrected chi connectivity index (χ3v) is 2.26. The van der Waals surface area contributed by atoms with Gasteiger partial charge in [-0.3, -0.25) is 0 Å². The standard InChI is InChI=1S/C10H7BrFN3O/c11-6-1-2-7(12)8(5-6)16-10-4-3-9(13)14-15-10/h1-5H,(H2,13,14). The van der Waals surface area contributed by atoms with Gasteiger partial charge in [0.2, 0.25) is 5.88 Å². The average molecular weight is 284 g/mol. The minimum Gasteiger partial charge on any atom is -0.434 e. The van der Waals surface area contributed by atoms with Crippen molar-refractivity contribution in [2.45, 2.75) is 0 Å². The van der Waals surface area contributed by atoms with Crippen LogP contribution in [0.2, 0.25) is 0 Å². The molecule has 1 aromatic heterocycles. The first-order valence-corrected chi connectivity index (χ1v) is 5.16. The molecule has 16 heavy (non-hydrogen) atoms. The zero-order chi connectivity index (χ0) is 11.5. The van der Waals surface area contributed by atoms with E-state index in [4.69, 9.17) is 10.5 Å². The van der Waals surface area contributed by atoms with Gasteiger partial charge in [0.25, 0.3) is 0 Å². The first-order valence-electron chi connectivity index (χ1n) is 4.37. The van der Waals surface area contributed by atoms with E-state index in [0.29, 0.717) is 4.47 Å². The van der Waals surface area contributed by atoms with Crippen LogP contribution in [0.4, 0.5) is 10.2 Å². The maximum atomic E-state index is 13.3. The third kappa shape index (κ3) is 2.46. The van der Waals surface area contributed by atoms with Crippen molar-refractivity contribution in [2.24, 2.45) is 0 Å². The van der Waals surface area contributed by atoms with E-state index in [-0.39, 0.29) is 17.4 Å². The van der Waals surface area contributed by atoms with Crippen LogP contribution in [-0.2, 0) is 0 Å². The lowest BCUT2D eigenvalue weighted by Crippen LogP contribution is -1.95. The fraction of sp³-hybridized carbons (Fsp3) is 0. The molecule has 0 spiro atoms. The zero-order valence-electron chi connectivity index (χ0n) is 8.02. The predicted molar refractivity (Wildman–Crippen MR) is 60.6 cm³/mol. The molecular formula is C10H7BrFN3O. The normalized spacial score (nSPS) is 10.1. The lowest BCUT2D eigenvalue weighted by Gasteiger charge is -2.05. The van der Waals surface area contributed by atoms with E-state index >= 15 is 0 Å². The summed E-state index contributed by atoms with van der Waals surface area (Å²) in [4.78, 5) is 0. The molecule has 82 valence electrons. The summed E-state index contributed by atoms with van der Waals surface area (Å²) < 4.78 is 19.2. The average Bonchev–Trinajstić information content (AvgIpc) is 2.27. The lowest BCUT2D eigenvalue weighted by molar-refractivity contribution is 0.422. The largest absolute Gasteiger partial charge is 0.434 e. The van der Waals surface area contributed by atoms with Gasteiger partial charge in [-0.1, -0.05) is 15.9 Å². The molecular weight excluding hydrogens is 277 g/mol. The predicted octanol–water partition coefficient (Wildman–Crippen LogP) is 2.75. The zero-order valence-corrected chi connectivity index (χ0v) is 9.61. The number of nitrogens with two attached hydrogens (primary N) is 1. The van der Waals surface area contributed by atoms with Gasteiger partial charge in [-0.15, -0.1) is 10.2 Å². The number of benzene rings is 1. The van der Waals surface area contributed by atoms with Gasteiger partial charge in [0.1, 0.15) is 5.82 Å². The van der Waals surface area contributed by atoms with Crippen LogP contribution >= 0.6 is 15.9 Å². The Bertz CT molecular complexity index is 504. The van der Waals surface area contributed by atoms with E-state index in [1.165, 1.54) is 24.3 Å². The summed E-state index contributed by atoms with van der Waals surface area (Å²) >= 11 is 3.22. The SMILES string of the molecule is Nc1ccc(Oc2cc(Br)ccc2F)nn1. The highest BCUT2D eigenvalue weighted by atomic mass is 79.9. The fourth-order valence-electron chi connectivity index (χ4n) is 1.05. The highest BCUT2D eigenvalue weighted by Gasteiger charge is 2.06. The molecule has 0 fully saturated rings. The van der Waals surface area contributed by atoms with E-state index in [1.807, 2.05) is 0 Å². The number of nitrogen functional groups attached to an aromatic ring is 1. The Kier molecular flexibility index (Phi) is 3.00. The number of hydrogen-bond acceptors (Lipinski definition) is 4. The van der Waals surface area contributed by atoms with E-state index < -0.39 is 5.82 Å². The summed E-state index contributed by atoms with van der Waals surface area (Å²) in [6.45, 7) is 0. The minimum absolute atomic E-state index is 0.0773. The van der Waals surface area contributed by atoms with Gasteiger partial charge in [-0.2, -0.15) is 0 Å². The van der Waals surface area contributed by atoms with Crippen molar-refractivity contribution >= 4 is 21.7 Å². The Labute approximate surface area is 99.4 Å². The van der Waals surface area contributed by atoms with Crippen LogP contribution in [0.5, 0.6) is 11.6 Å². The summed E-state index contributed by atoms with van der Waals surface area (Å²) in [5.41, 5.74) is 5.36. The molecule has 0 atom stereocenters. The molecule has 0 aliphatic rings. The second-order valence-corrected chi connectivity index (χ2v) is 3.89. The van der Waals surface area contributed by atoms with Gasteiger partial charge in [0.05, 0.1) is 0 Å². The molecule has 0 bridgehead atoms. The number of nitrogens with zero attached hydrogens (tertiary/aromatic N) is 2. The highest BCUT2D eigenvalue weighted by Crippen LogP contribution is 2.26. The molecule has 1 aromatic carbocycles. The Morgan fingerprint density at radius 3 is 2.69 bits per heavy atom. The van der Waals surface area contributed by atoms with E-state index in [9.17, 15) is 4.39 Å². The van der Waals surface area contributed by atoms with Crippen LogP contribution in [0.25, 0.3) is 0 Å². The van der Waals surface area contributed by atoms with Crippen LogP contribution in [0.1, 0.15) is 0 Å². The molecule has 6 heteroatoms. The smallest absolute Gasteiger partial charge is 0.239 e. The van der Waals surface area contributed by atoms with Gasteiger partial charge in [-0.25, -0.2) is 4.39 Å². The number of aromatic nitrogens is 2. The van der Waals surface area contributed by atoms with Gasteiger partial charge >= 0.3 is 0 Å². The maximum Gasteiger partial charge on any atom is 0.239 e. The van der Waals surface area contributed by atoms with Crippen molar-refractivity contribution in [1.82, 2.24) is 10.2 Å². The van der Waals surface area contributed by atoms with Crippen molar-refractivity contribution < 1.29 is 9.13 Å². The van der Waals surface area contributed by atoms with Crippen molar-refractivity contribution in [2.75, 3.05) is 5.73 Å². The number of rotatable bonds is 2. The molecule has 0 aliphatic carbocycles. The number of hydrogen-bond donors (Lipinski definition) is 1. The Morgan fingerprint density at radius 1 is 1.19 bits per heavy atom. The first kappa shape index (κ1) is 10.8. The van der Waals surface area contributed by atoms with Gasteiger partial charge in [0.15, 0.2) is 11.6 Å². The van der Waals surface area contributed by atoms with Crippen LogP contribution in [0.15, 0.2) is 34.8 Å². The van der Waals surface area contributed by atoms with Crippen molar-refractivity contribution in [1.29, 1.82) is 0 Å². The third-order valence-electron chi connectivity index (χ3n) is 1.77. The molecule has 4 nitrogen and oxygen atoms in total. The Morgan fingerprint density at radius 2 is 2.00 bits per heavy atom. The molecule has 0 saturated carbocycles. The molecule has 0 unspecified atom stereocenters. The fourth-order valence-corrected chi connectivity index (χ4v) is 1.39. The minimum atomic E-state index is -0.471. The quantitative estimate of drug-likeness (QED) is 0.921. The molecule has 1 heterocycles.